The molecule has 0 bridgehead atoms. The molecule has 0 saturated heterocycles. The van der Waals surface area contributed by atoms with Gasteiger partial charge in [0.1, 0.15) is 5.82 Å². The average molecular weight is 380 g/mol. The number of nitrogens with one attached hydrogen (secondary N) is 2. The Labute approximate surface area is 164 Å². The van der Waals surface area contributed by atoms with E-state index in [0.717, 1.165) is 34.8 Å². The van der Waals surface area contributed by atoms with Crippen LogP contribution < -0.4 is 10.6 Å². The van der Waals surface area contributed by atoms with Gasteiger partial charge in [0, 0.05) is 11.6 Å². The number of hydrogen-bond donors (Lipinski definition) is 2. The van der Waals surface area contributed by atoms with E-state index in [9.17, 15) is 4.79 Å². The third kappa shape index (κ3) is 6.12. The van der Waals surface area contributed by atoms with Crippen molar-refractivity contribution in [3.05, 3.63) is 88.6 Å². The Morgan fingerprint density at radius 3 is 2.59 bits per heavy atom. The molecule has 2 N–H and O–H groups in total. The number of pyridine rings is 1. The largest absolute Gasteiger partial charge is 0.383 e. The van der Waals surface area contributed by atoms with Crippen molar-refractivity contribution in [3.8, 4) is 0 Å². The minimum Gasteiger partial charge on any atom is -0.383 e. The molecular formula is C22H22ClN3O. The summed E-state index contributed by atoms with van der Waals surface area (Å²) in [5, 5.41) is 6.90. The molecule has 138 valence electrons. The normalized spacial score (nSPS) is 10.4. The zero-order valence-electron chi connectivity index (χ0n) is 15.2. The molecule has 0 unspecified atom stereocenters. The maximum Gasteiger partial charge on any atom is 0.229 e. The van der Waals surface area contributed by atoms with Gasteiger partial charge >= 0.3 is 0 Å². The zero-order valence-corrected chi connectivity index (χ0v) is 16.0. The van der Waals surface area contributed by atoms with E-state index in [0.29, 0.717) is 12.2 Å². The number of anilines is 2. The van der Waals surface area contributed by atoms with E-state index in [4.69, 9.17) is 11.6 Å². The monoisotopic (exact) mass is 379 g/mol. The van der Waals surface area contributed by atoms with Gasteiger partial charge in [0.25, 0.3) is 0 Å². The molecule has 0 saturated carbocycles. The number of carbonyl (C=O) groups excluding carboxylic acids is 1. The average Bonchev–Trinajstić information content (AvgIpc) is 2.63. The summed E-state index contributed by atoms with van der Waals surface area (Å²) in [6, 6.07) is 19.5. The second-order valence-electron chi connectivity index (χ2n) is 6.45. The van der Waals surface area contributed by atoms with Crippen LogP contribution in [0.4, 0.5) is 11.5 Å². The van der Waals surface area contributed by atoms with E-state index in [1.165, 1.54) is 5.56 Å². The Bertz CT molecular complexity index is 909. The van der Waals surface area contributed by atoms with Crippen molar-refractivity contribution in [2.24, 2.45) is 0 Å². The molecule has 0 atom stereocenters. The van der Waals surface area contributed by atoms with Gasteiger partial charge < -0.3 is 10.6 Å². The van der Waals surface area contributed by atoms with E-state index < -0.39 is 0 Å². The first kappa shape index (κ1) is 18.9. The van der Waals surface area contributed by atoms with E-state index in [2.05, 4.69) is 21.7 Å². The number of carbonyl (C=O) groups is 1. The summed E-state index contributed by atoms with van der Waals surface area (Å²) < 4.78 is 0. The van der Waals surface area contributed by atoms with Crippen LogP contribution in [0, 0.1) is 6.92 Å². The second kappa shape index (κ2) is 9.19. The van der Waals surface area contributed by atoms with Crippen LogP contribution in [0.1, 0.15) is 16.7 Å². The lowest BCUT2D eigenvalue weighted by Gasteiger charge is -2.08. The predicted octanol–water partition coefficient (Wildman–Crippen LogP) is 4.88. The van der Waals surface area contributed by atoms with Gasteiger partial charge in [0.15, 0.2) is 0 Å². The topological polar surface area (TPSA) is 54.0 Å². The molecule has 1 heterocycles. The predicted molar refractivity (Wildman–Crippen MR) is 111 cm³/mol. The maximum atomic E-state index is 12.2. The highest BCUT2D eigenvalue weighted by Gasteiger charge is 2.05. The second-order valence-corrected chi connectivity index (χ2v) is 6.89. The van der Waals surface area contributed by atoms with Crippen LogP contribution in [0.2, 0.25) is 5.02 Å². The highest BCUT2D eigenvalue weighted by Crippen LogP contribution is 2.13. The number of aryl methyl sites for hydroxylation is 1. The summed E-state index contributed by atoms with van der Waals surface area (Å²) in [4.78, 5) is 16.5. The Morgan fingerprint density at radius 2 is 1.85 bits per heavy atom. The minimum absolute atomic E-state index is 0.0743. The molecule has 1 amide bonds. The van der Waals surface area contributed by atoms with E-state index in [-0.39, 0.29) is 5.91 Å². The van der Waals surface area contributed by atoms with Crippen molar-refractivity contribution < 1.29 is 4.79 Å². The van der Waals surface area contributed by atoms with Crippen molar-refractivity contribution in [3.63, 3.8) is 0 Å². The van der Waals surface area contributed by atoms with Crippen molar-refractivity contribution in [1.29, 1.82) is 0 Å². The summed E-state index contributed by atoms with van der Waals surface area (Å²) in [7, 11) is 0. The van der Waals surface area contributed by atoms with Crippen molar-refractivity contribution in [1.82, 2.24) is 4.98 Å². The number of nitrogens with zero attached hydrogens (tertiary/aromatic N) is 1. The van der Waals surface area contributed by atoms with Gasteiger partial charge in [-0.1, -0.05) is 53.6 Å². The highest BCUT2D eigenvalue weighted by atomic mass is 35.5. The van der Waals surface area contributed by atoms with Crippen LogP contribution in [0.3, 0.4) is 0 Å². The SMILES string of the molecule is Cc1cccc(CC(=O)Nc2ccc(NCCc3cccc(Cl)c3)cn2)c1. The molecule has 0 fully saturated rings. The molecular weight excluding hydrogens is 358 g/mol. The lowest BCUT2D eigenvalue weighted by atomic mass is 10.1. The Hall–Kier alpha value is -2.85. The lowest BCUT2D eigenvalue weighted by molar-refractivity contribution is -0.115. The fourth-order valence-corrected chi connectivity index (χ4v) is 3.02. The Morgan fingerprint density at radius 1 is 1.04 bits per heavy atom. The standard InChI is InChI=1S/C22H22ClN3O/c1-16-4-2-6-18(12-16)14-22(27)26-21-9-8-20(15-25-21)24-11-10-17-5-3-7-19(23)13-17/h2-9,12-13,15,24H,10-11,14H2,1H3,(H,25,26,27). The first-order valence-electron chi connectivity index (χ1n) is 8.88. The fraction of sp³-hybridized carbons (Fsp3) is 0.182. The van der Waals surface area contributed by atoms with Crippen LogP contribution in [0.5, 0.6) is 0 Å². The summed E-state index contributed by atoms with van der Waals surface area (Å²) in [5.41, 5.74) is 4.23. The van der Waals surface area contributed by atoms with Gasteiger partial charge in [-0.25, -0.2) is 4.98 Å². The molecule has 2 aromatic carbocycles. The van der Waals surface area contributed by atoms with E-state index >= 15 is 0 Å². The number of rotatable bonds is 7. The quantitative estimate of drug-likeness (QED) is 0.615. The molecule has 0 aliphatic carbocycles. The van der Waals surface area contributed by atoms with E-state index in [1.54, 1.807) is 12.3 Å². The van der Waals surface area contributed by atoms with Gasteiger partial charge in [-0.05, 0) is 48.7 Å². The highest BCUT2D eigenvalue weighted by molar-refractivity contribution is 6.30. The number of halogens is 1. The summed E-state index contributed by atoms with van der Waals surface area (Å²) in [6.45, 7) is 2.79. The third-order valence-corrected chi connectivity index (χ3v) is 4.35. The van der Waals surface area contributed by atoms with Crippen LogP contribution in [0.25, 0.3) is 0 Å². The molecule has 4 nitrogen and oxygen atoms in total. The molecule has 0 spiro atoms. The zero-order chi connectivity index (χ0) is 19.1. The van der Waals surface area contributed by atoms with Gasteiger partial charge in [0.2, 0.25) is 5.91 Å². The van der Waals surface area contributed by atoms with Crippen molar-refractivity contribution in [2.45, 2.75) is 19.8 Å². The molecule has 3 rings (SSSR count). The van der Waals surface area contributed by atoms with Gasteiger partial charge in [-0.3, -0.25) is 4.79 Å². The molecule has 0 radical (unpaired) electrons. The smallest absolute Gasteiger partial charge is 0.229 e. The van der Waals surface area contributed by atoms with Gasteiger partial charge in [-0.2, -0.15) is 0 Å². The van der Waals surface area contributed by atoms with Crippen LogP contribution in [-0.4, -0.2) is 17.4 Å². The van der Waals surface area contributed by atoms with Crippen molar-refractivity contribution >= 4 is 29.0 Å². The summed E-state index contributed by atoms with van der Waals surface area (Å²) in [6.07, 6.45) is 2.93. The summed E-state index contributed by atoms with van der Waals surface area (Å²) in [5.74, 6) is 0.475. The first-order chi connectivity index (χ1) is 13.1. The fourth-order valence-electron chi connectivity index (χ4n) is 2.81. The van der Waals surface area contributed by atoms with Crippen LogP contribution in [-0.2, 0) is 17.6 Å². The lowest BCUT2D eigenvalue weighted by Crippen LogP contribution is -2.15. The van der Waals surface area contributed by atoms with Crippen LogP contribution >= 0.6 is 11.6 Å². The first-order valence-corrected chi connectivity index (χ1v) is 9.26. The Balaban J connectivity index is 1.47. The van der Waals surface area contributed by atoms with Crippen LogP contribution in [0.15, 0.2) is 66.9 Å². The number of aromatic nitrogens is 1. The number of amides is 1. The van der Waals surface area contributed by atoms with Gasteiger partial charge in [-0.15, -0.1) is 0 Å². The molecule has 5 heteroatoms. The Kier molecular flexibility index (Phi) is 6.44. The maximum absolute atomic E-state index is 12.2. The molecule has 0 aliphatic rings. The molecule has 3 aromatic rings. The summed E-state index contributed by atoms with van der Waals surface area (Å²) >= 11 is 5.99. The van der Waals surface area contributed by atoms with E-state index in [1.807, 2.05) is 55.5 Å². The van der Waals surface area contributed by atoms with Gasteiger partial charge in [0.05, 0.1) is 18.3 Å². The molecule has 0 aliphatic heterocycles. The number of benzene rings is 2. The molecule has 1 aromatic heterocycles. The molecule has 27 heavy (non-hydrogen) atoms. The number of hydrogen-bond acceptors (Lipinski definition) is 3. The van der Waals surface area contributed by atoms with Crippen molar-refractivity contribution in [2.75, 3.05) is 17.2 Å². The third-order valence-electron chi connectivity index (χ3n) is 4.11. The minimum atomic E-state index is -0.0743.